The summed E-state index contributed by atoms with van der Waals surface area (Å²) < 4.78 is 30.4. The van der Waals surface area contributed by atoms with Gasteiger partial charge in [0.05, 0.1) is 21.4 Å². The van der Waals surface area contributed by atoms with Crippen LogP contribution < -0.4 is 0 Å². The zero-order valence-corrected chi connectivity index (χ0v) is 10.9. The Balaban J connectivity index is 2.14. The van der Waals surface area contributed by atoms with Crippen molar-refractivity contribution in [2.75, 3.05) is 0 Å². The molecule has 1 aromatic carbocycles. The third kappa shape index (κ3) is 2.81. The summed E-state index contributed by atoms with van der Waals surface area (Å²) in [6, 6.07) is 5.98. The second-order valence-electron chi connectivity index (χ2n) is 4.12. The van der Waals surface area contributed by atoms with Crippen molar-refractivity contribution in [3.05, 3.63) is 41.8 Å². The third-order valence-electron chi connectivity index (χ3n) is 2.32. The summed E-state index contributed by atoms with van der Waals surface area (Å²) in [6.07, 6.45) is 0. The van der Waals surface area contributed by atoms with Crippen molar-refractivity contribution in [3.8, 4) is 0 Å². The molecule has 0 spiro atoms. The first-order chi connectivity index (χ1) is 8.58. The van der Waals surface area contributed by atoms with Crippen LogP contribution in [0.3, 0.4) is 0 Å². The van der Waals surface area contributed by atoms with Gasteiger partial charge in [-0.1, -0.05) is 31.1 Å². The summed E-state index contributed by atoms with van der Waals surface area (Å²) in [4.78, 5) is 4.27. The van der Waals surface area contributed by atoms with Gasteiger partial charge in [0, 0.05) is 5.92 Å². The summed E-state index contributed by atoms with van der Waals surface area (Å²) >= 11 is 0. The molecule has 0 aliphatic rings. The maximum absolute atomic E-state index is 13.4. The second-order valence-corrected chi connectivity index (χ2v) is 5.54. The van der Waals surface area contributed by atoms with Crippen molar-refractivity contribution in [2.45, 2.75) is 30.4 Å². The molecule has 1 atom stereocenters. The van der Waals surface area contributed by atoms with Gasteiger partial charge < -0.3 is 4.52 Å². The molecule has 0 saturated carbocycles. The van der Waals surface area contributed by atoms with E-state index in [1.165, 1.54) is 12.1 Å². The fourth-order valence-corrected chi connectivity index (χ4v) is 2.41. The van der Waals surface area contributed by atoms with E-state index in [-0.39, 0.29) is 16.6 Å². The minimum Gasteiger partial charge on any atom is -0.339 e. The Morgan fingerprint density at radius 3 is 2.72 bits per heavy atom. The van der Waals surface area contributed by atoms with E-state index in [0.29, 0.717) is 11.7 Å². The fraction of sp³-hybridized carbons (Fsp3) is 0.333. The molecule has 2 rings (SSSR count). The summed E-state index contributed by atoms with van der Waals surface area (Å²) in [5.41, 5.74) is 0. The fourth-order valence-electron chi connectivity index (χ4n) is 1.38. The monoisotopic (exact) mass is 268 g/mol. The zero-order chi connectivity index (χ0) is 13.1. The van der Waals surface area contributed by atoms with Crippen molar-refractivity contribution in [2.24, 2.45) is 0 Å². The molecule has 0 bridgehead atoms. The molecular weight excluding hydrogens is 255 g/mol. The predicted molar refractivity (Wildman–Crippen MR) is 64.9 cm³/mol. The van der Waals surface area contributed by atoms with Crippen LogP contribution in [0.2, 0.25) is 0 Å². The third-order valence-corrected chi connectivity index (χ3v) is 3.66. The van der Waals surface area contributed by atoms with E-state index in [1.54, 1.807) is 12.1 Å². The lowest BCUT2D eigenvalue weighted by Gasteiger charge is -2.00. The molecule has 0 fully saturated rings. The quantitative estimate of drug-likeness (QED) is 0.855. The Kier molecular flexibility index (Phi) is 3.86. The number of rotatable bonds is 4. The van der Waals surface area contributed by atoms with Gasteiger partial charge in [0.25, 0.3) is 0 Å². The standard InChI is InChI=1S/C12H13FN2O2S/c1-8(2)12-14-11(15-17-12)7-18(16)10-6-4-3-5-9(10)13/h3-6,8H,7H2,1-2H3. The van der Waals surface area contributed by atoms with Gasteiger partial charge in [-0.15, -0.1) is 0 Å². The molecule has 2 aromatic rings. The Morgan fingerprint density at radius 2 is 2.11 bits per heavy atom. The van der Waals surface area contributed by atoms with Gasteiger partial charge >= 0.3 is 0 Å². The summed E-state index contributed by atoms with van der Waals surface area (Å²) in [5, 5.41) is 3.73. The highest BCUT2D eigenvalue weighted by atomic mass is 32.2. The van der Waals surface area contributed by atoms with Crippen LogP contribution in [0.5, 0.6) is 0 Å². The van der Waals surface area contributed by atoms with Crippen LogP contribution in [0, 0.1) is 5.82 Å². The number of aromatic nitrogens is 2. The van der Waals surface area contributed by atoms with E-state index in [2.05, 4.69) is 10.1 Å². The van der Waals surface area contributed by atoms with Crippen molar-refractivity contribution in [1.82, 2.24) is 10.1 Å². The van der Waals surface area contributed by atoms with Gasteiger partial charge in [0.15, 0.2) is 5.82 Å². The summed E-state index contributed by atoms with van der Waals surface area (Å²) in [6.45, 7) is 3.84. The Labute approximate surface area is 107 Å². The van der Waals surface area contributed by atoms with Crippen LogP contribution in [0.15, 0.2) is 33.7 Å². The minimum atomic E-state index is -1.51. The van der Waals surface area contributed by atoms with Crippen molar-refractivity contribution < 1.29 is 13.1 Å². The van der Waals surface area contributed by atoms with E-state index >= 15 is 0 Å². The smallest absolute Gasteiger partial charge is 0.229 e. The molecule has 0 radical (unpaired) electrons. The molecule has 1 unspecified atom stereocenters. The van der Waals surface area contributed by atoms with Crippen LogP contribution in [0.25, 0.3) is 0 Å². The average molecular weight is 268 g/mol. The van der Waals surface area contributed by atoms with E-state index < -0.39 is 16.6 Å². The highest BCUT2D eigenvalue weighted by Crippen LogP contribution is 2.16. The minimum absolute atomic E-state index is 0.0527. The van der Waals surface area contributed by atoms with Gasteiger partial charge in [0.1, 0.15) is 5.82 Å². The van der Waals surface area contributed by atoms with E-state index in [1.807, 2.05) is 13.8 Å². The number of hydrogen-bond acceptors (Lipinski definition) is 4. The van der Waals surface area contributed by atoms with Gasteiger partial charge in [0.2, 0.25) is 5.89 Å². The molecule has 1 heterocycles. The lowest BCUT2D eigenvalue weighted by atomic mass is 10.2. The van der Waals surface area contributed by atoms with Crippen LogP contribution in [-0.2, 0) is 16.6 Å². The normalized spacial score (nSPS) is 12.9. The summed E-state index contributed by atoms with van der Waals surface area (Å²) in [5.74, 6) is 0.518. The van der Waals surface area contributed by atoms with Crippen molar-refractivity contribution in [1.29, 1.82) is 0 Å². The SMILES string of the molecule is CC(C)c1nc(CS(=O)c2ccccc2F)no1. The first kappa shape index (κ1) is 12.9. The molecule has 0 saturated heterocycles. The number of hydrogen-bond donors (Lipinski definition) is 0. The predicted octanol–water partition coefficient (Wildman–Crippen LogP) is 2.64. The lowest BCUT2D eigenvalue weighted by molar-refractivity contribution is 0.362. The van der Waals surface area contributed by atoms with Crippen LogP contribution in [-0.4, -0.2) is 14.3 Å². The van der Waals surface area contributed by atoms with Gasteiger partial charge in [-0.05, 0) is 12.1 Å². The molecule has 6 heteroatoms. The topological polar surface area (TPSA) is 56.0 Å². The average Bonchev–Trinajstić information content (AvgIpc) is 2.78. The van der Waals surface area contributed by atoms with Gasteiger partial charge in [-0.2, -0.15) is 4.98 Å². The molecule has 4 nitrogen and oxygen atoms in total. The van der Waals surface area contributed by atoms with Crippen molar-refractivity contribution in [3.63, 3.8) is 0 Å². The van der Waals surface area contributed by atoms with Crippen LogP contribution >= 0.6 is 0 Å². The summed E-state index contributed by atoms with van der Waals surface area (Å²) in [7, 11) is -1.51. The van der Waals surface area contributed by atoms with Gasteiger partial charge in [-0.25, -0.2) is 4.39 Å². The molecule has 96 valence electrons. The van der Waals surface area contributed by atoms with Crippen molar-refractivity contribution >= 4 is 10.8 Å². The molecule has 0 aliphatic carbocycles. The first-order valence-electron chi connectivity index (χ1n) is 5.53. The number of benzene rings is 1. The molecule has 1 aromatic heterocycles. The second kappa shape index (κ2) is 5.39. The number of halogens is 1. The van der Waals surface area contributed by atoms with E-state index in [4.69, 9.17) is 4.52 Å². The molecule has 18 heavy (non-hydrogen) atoms. The zero-order valence-electron chi connectivity index (χ0n) is 10.1. The Bertz CT molecular complexity index is 569. The Hall–Kier alpha value is -1.56. The van der Waals surface area contributed by atoms with Gasteiger partial charge in [-0.3, -0.25) is 4.21 Å². The van der Waals surface area contributed by atoms with E-state index in [0.717, 1.165) is 0 Å². The highest BCUT2D eigenvalue weighted by Gasteiger charge is 2.15. The Morgan fingerprint density at radius 1 is 1.39 bits per heavy atom. The maximum Gasteiger partial charge on any atom is 0.229 e. The largest absolute Gasteiger partial charge is 0.339 e. The molecule has 0 amide bonds. The first-order valence-corrected chi connectivity index (χ1v) is 6.85. The highest BCUT2D eigenvalue weighted by molar-refractivity contribution is 7.84. The van der Waals surface area contributed by atoms with Crippen LogP contribution in [0.4, 0.5) is 4.39 Å². The lowest BCUT2D eigenvalue weighted by Crippen LogP contribution is -2.01. The molecule has 0 aliphatic heterocycles. The molecular formula is C12H13FN2O2S. The van der Waals surface area contributed by atoms with E-state index in [9.17, 15) is 8.60 Å². The maximum atomic E-state index is 13.4. The molecule has 0 N–H and O–H groups in total. The number of nitrogens with zero attached hydrogens (tertiary/aromatic N) is 2. The van der Waals surface area contributed by atoms with Crippen LogP contribution in [0.1, 0.15) is 31.5 Å².